The number of nitrogens with zero attached hydrogens (tertiary/aromatic N) is 1. The van der Waals surface area contributed by atoms with Gasteiger partial charge in [0, 0.05) is 0 Å². The van der Waals surface area contributed by atoms with Crippen LogP contribution in [0.1, 0.15) is 84.0 Å². The summed E-state index contributed by atoms with van der Waals surface area (Å²) in [7, 11) is 0. The minimum absolute atomic E-state index is 0.110. The van der Waals surface area contributed by atoms with Crippen molar-refractivity contribution in [2.45, 2.75) is 84.0 Å². The summed E-state index contributed by atoms with van der Waals surface area (Å²) in [5, 5.41) is 20.3. The van der Waals surface area contributed by atoms with E-state index in [1.165, 1.54) is 0 Å². The molecule has 0 radical (unpaired) electrons. The predicted octanol–water partition coefficient (Wildman–Crippen LogP) is 4.70. The zero-order valence-corrected chi connectivity index (χ0v) is 16.0. The van der Waals surface area contributed by atoms with Crippen LogP contribution in [0.4, 0.5) is 0 Å². The van der Waals surface area contributed by atoms with Crippen LogP contribution >= 0.6 is 0 Å². The molecule has 0 aromatic carbocycles. The molecule has 2 rings (SSSR count). The Labute approximate surface area is 157 Å². The van der Waals surface area contributed by atoms with Gasteiger partial charge in [0.25, 0.3) is 0 Å². The fourth-order valence-electron chi connectivity index (χ4n) is 4.98. The van der Waals surface area contributed by atoms with Crippen LogP contribution in [0.3, 0.4) is 0 Å². The lowest BCUT2D eigenvalue weighted by molar-refractivity contribution is -0.171. The molecule has 0 aromatic heterocycles. The molecule has 0 saturated heterocycles. The molecular weight excluding hydrogens is 330 g/mol. The number of nitriles is 1. The van der Waals surface area contributed by atoms with Gasteiger partial charge in [0.1, 0.15) is 0 Å². The quantitative estimate of drug-likeness (QED) is 0.499. The second-order valence-corrected chi connectivity index (χ2v) is 8.02. The van der Waals surface area contributed by atoms with E-state index in [4.69, 9.17) is 4.74 Å². The number of rotatable bonds is 8. The van der Waals surface area contributed by atoms with Gasteiger partial charge in [-0.25, -0.2) is 0 Å². The van der Waals surface area contributed by atoms with E-state index < -0.39 is 23.3 Å². The maximum atomic E-state index is 13.2. The summed E-state index contributed by atoms with van der Waals surface area (Å²) in [4.78, 5) is 25.5. The van der Waals surface area contributed by atoms with E-state index in [1.54, 1.807) is 0 Å². The highest BCUT2D eigenvalue weighted by atomic mass is 16.5. The van der Waals surface area contributed by atoms with Gasteiger partial charge >= 0.3 is 11.9 Å². The number of aliphatic carboxylic acids is 1. The fourth-order valence-corrected chi connectivity index (χ4v) is 4.98. The molecule has 0 aliphatic heterocycles. The Balaban J connectivity index is 2.39. The van der Waals surface area contributed by atoms with E-state index in [0.29, 0.717) is 0 Å². The van der Waals surface area contributed by atoms with E-state index in [2.05, 4.69) is 6.07 Å². The maximum absolute atomic E-state index is 13.2. The van der Waals surface area contributed by atoms with E-state index >= 15 is 0 Å². The van der Waals surface area contributed by atoms with Crippen molar-refractivity contribution in [2.24, 2.45) is 23.2 Å². The van der Waals surface area contributed by atoms with E-state index in [1.807, 2.05) is 6.92 Å². The maximum Gasteiger partial charge on any atom is 0.327 e. The number of carboxylic acid groups (broad SMARTS) is 1. The van der Waals surface area contributed by atoms with E-state index in [9.17, 15) is 20.0 Å². The summed E-state index contributed by atoms with van der Waals surface area (Å²) < 4.78 is 5.49. The molecule has 5 nitrogen and oxygen atoms in total. The van der Waals surface area contributed by atoms with Gasteiger partial charge in [0.2, 0.25) is 0 Å². The Morgan fingerprint density at radius 3 is 2.19 bits per heavy atom. The van der Waals surface area contributed by atoms with Gasteiger partial charge in [0.05, 0.1) is 18.6 Å². The Morgan fingerprint density at radius 2 is 1.69 bits per heavy atom. The van der Waals surface area contributed by atoms with Gasteiger partial charge < -0.3 is 9.84 Å². The summed E-state index contributed by atoms with van der Waals surface area (Å²) in [5.74, 6) is -2.86. The molecule has 2 unspecified atom stereocenters. The van der Waals surface area contributed by atoms with Crippen LogP contribution in [0.5, 0.6) is 0 Å². The minimum Gasteiger partial charge on any atom is -0.481 e. The number of esters is 1. The van der Waals surface area contributed by atoms with Crippen LogP contribution in [0.25, 0.3) is 0 Å². The van der Waals surface area contributed by atoms with Gasteiger partial charge in [-0.2, -0.15) is 5.26 Å². The minimum atomic E-state index is -1.54. The molecule has 2 atom stereocenters. The molecule has 0 heterocycles. The lowest BCUT2D eigenvalue weighted by Crippen LogP contribution is -2.52. The van der Waals surface area contributed by atoms with Crippen molar-refractivity contribution in [3.63, 3.8) is 0 Å². The number of carbonyl (C=O) groups excluding carboxylic acids is 1. The van der Waals surface area contributed by atoms with Crippen molar-refractivity contribution >= 4 is 11.9 Å². The van der Waals surface area contributed by atoms with Crippen LogP contribution in [0.2, 0.25) is 0 Å². The standard InChI is InChI=1S/C21H33NO4/c1-2-3-14-26-20(25)21(15-22,17-12-8-5-9-13-17)18(19(23)24)16-10-6-4-7-11-16/h16-18H,2-14H2,1H3,(H,23,24). The monoisotopic (exact) mass is 363 g/mol. The smallest absolute Gasteiger partial charge is 0.327 e. The Kier molecular flexibility index (Phi) is 7.93. The lowest BCUT2D eigenvalue weighted by Gasteiger charge is -2.42. The van der Waals surface area contributed by atoms with E-state index in [0.717, 1.165) is 77.0 Å². The highest BCUT2D eigenvalue weighted by Crippen LogP contribution is 2.50. The molecule has 0 spiro atoms. The Bertz CT molecular complexity index is 515. The first-order valence-electron chi connectivity index (χ1n) is 10.4. The fraction of sp³-hybridized carbons (Fsp3) is 0.857. The molecule has 2 aliphatic carbocycles. The molecule has 146 valence electrons. The van der Waals surface area contributed by atoms with Crippen molar-refractivity contribution in [3.05, 3.63) is 0 Å². The van der Waals surface area contributed by atoms with Crippen LogP contribution in [0.15, 0.2) is 0 Å². The van der Waals surface area contributed by atoms with Gasteiger partial charge in [-0.3, -0.25) is 9.59 Å². The van der Waals surface area contributed by atoms with Crippen molar-refractivity contribution < 1.29 is 19.4 Å². The molecule has 1 N–H and O–H groups in total. The predicted molar refractivity (Wildman–Crippen MR) is 98.2 cm³/mol. The first-order chi connectivity index (χ1) is 12.6. The number of carboxylic acids is 1. The van der Waals surface area contributed by atoms with Crippen LogP contribution in [0, 0.1) is 34.5 Å². The molecule has 2 saturated carbocycles. The third-order valence-electron chi connectivity index (χ3n) is 6.38. The highest BCUT2D eigenvalue weighted by Gasteiger charge is 2.58. The largest absolute Gasteiger partial charge is 0.481 e. The van der Waals surface area contributed by atoms with Crippen molar-refractivity contribution in [1.29, 1.82) is 5.26 Å². The number of ether oxygens (including phenoxy) is 1. The Hall–Kier alpha value is -1.57. The highest BCUT2D eigenvalue weighted by molar-refractivity contribution is 5.88. The third kappa shape index (κ3) is 4.39. The van der Waals surface area contributed by atoms with Crippen molar-refractivity contribution in [3.8, 4) is 6.07 Å². The average molecular weight is 363 g/mol. The second-order valence-electron chi connectivity index (χ2n) is 8.02. The summed E-state index contributed by atoms with van der Waals surface area (Å²) in [6.45, 7) is 2.27. The topological polar surface area (TPSA) is 87.4 Å². The third-order valence-corrected chi connectivity index (χ3v) is 6.38. The molecular formula is C21H33NO4. The SMILES string of the molecule is CCCCOC(=O)C(C#N)(C1CCCCC1)C(C(=O)O)C1CCCCC1. The van der Waals surface area contributed by atoms with Gasteiger partial charge in [-0.15, -0.1) is 0 Å². The van der Waals surface area contributed by atoms with Crippen molar-refractivity contribution in [1.82, 2.24) is 0 Å². The molecule has 0 aromatic rings. The zero-order chi connectivity index (χ0) is 19.0. The molecule has 0 amide bonds. The molecule has 2 fully saturated rings. The Morgan fingerprint density at radius 1 is 1.12 bits per heavy atom. The first kappa shape index (κ1) is 20.7. The molecule has 26 heavy (non-hydrogen) atoms. The van der Waals surface area contributed by atoms with Crippen LogP contribution in [-0.4, -0.2) is 23.7 Å². The normalized spacial score (nSPS) is 22.8. The van der Waals surface area contributed by atoms with Gasteiger partial charge in [-0.05, 0) is 43.9 Å². The molecule has 0 bridgehead atoms. The molecule has 2 aliphatic rings. The average Bonchev–Trinajstić information content (AvgIpc) is 2.67. The number of hydrogen-bond acceptors (Lipinski definition) is 4. The number of unbranched alkanes of at least 4 members (excludes halogenated alkanes) is 1. The molecule has 5 heteroatoms. The van der Waals surface area contributed by atoms with E-state index in [-0.39, 0.29) is 18.4 Å². The van der Waals surface area contributed by atoms with Crippen LogP contribution < -0.4 is 0 Å². The first-order valence-corrected chi connectivity index (χ1v) is 10.4. The van der Waals surface area contributed by atoms with Gasteiger partial charge in [0.15, 0.2) is 5.41 Å². The summed E-state index contributed by atoms with van der Waals surface area (Å²) in [6, 6.07) is 2.24. The lowest BCUT2D eigenvalue weighted by atomic mass is 9.58. The number of hydrogen-bond donors (Lipinski definition) is 1. The second kappa shape index (κ2) is 9.94. The zero-order valence-electron chi connectivity index (χ0n) is 16.0. The summed E-state index contributed by atoms with van der Waals surface area (Å²) in [5.41, 5.74) is -1.54. The number of carbonyl (C=O) groups is 2. The summed E-state index contributed by atoms with van der Waals surface area (Å²) in [6.07, 6.45) is 10.7. The summed E-state index contributed by atoms with van der Waals surface area (Å²) >= 11 is 0. The van der Waals surface area contributed by atoms with Gasteiger partial charge in [-0.1, -0.05) is 51.9 Å². The van der Waals surface area contributed by atoms with Crippen molar-refractivity contribution in [2.75, 3.05) is 6.61 Å². The van der Waals surface area contributed by atoms with Crippen LogP contribution in [-0.2, 0) is 14.3 Å².